The Labute approximate surface area is 277 Å². The second kappa shape index (κ2) is 14.1. The highest BCUT2D eigenvalue weighted by Gasteiger charge is 2.64. The lowest BCUT2D eigenvalue weighted by atomic mass is 9.92. The van der Waals surface area contributed by atoms with Crippen molar-refractivity contribution in [1.82, 2.24) is 25.0 Å². The minimum atomic E-state index is -4.72. The zero-order valence-corrected chi connectivity index (χ0v) is 26.8. The first-order valence-electron chi connectivity index (χ1n) is 14.6. The molecule has 1 atom stereocenters. The Kier molecular flexibility index (Phi) is 10.6. The van der Waals surface area contributed by atoms with Gasteiger partial charge >= 0.3 is 12.3 Å². The molecule has 256 valence electrons. The van der Waals surface area contributed by atoms with Crippen LogP contribution in [0.1, 0.15) is 79.8 Å². The maximum absolute atomic E-state index is 14.1. The van der Waals surface area contributed by atoms with Crippen LogP contribution in [-0.2, 0) is 4.74 Å². The lowest BCUT2D eigenvalue weighted by molar-refractivity contribution is -0.164. The van der Waals surface area contributed by atoms with Crippen LogP contribution in [0.4, 0.5) is 26.7 Å². The number of nitriles is 1. The molecule has 1 saturated carbocycles. The highest BCUT2D eigenvalue weighted by atomic mass is 35.5. The molecular weight excluding hydrogens is 663 g/mol. The number of carbonyl (C=O) groups is 2. The maximum atomic E-state index is 14.1. The Morgan fingerprint density at radius 1 is 1.19 bits per heavy atom. The molecule has 17 heteroatoms. The Morgan fingerprint density at radius 2 is 1.85 bits per heavy atom. The summed E-state index contributed by atoms with van der Waals surface area (Å²) in [6.45, 7) is 5.31. The molecule has 1 aliphatic carbocycles. The summed E-state index contributed by atoms with van der Waals surface area (Å²) in [6, 6.07) is 10.1. The van der Waals surface area contributed by atoms with Crippen LogP contribution in [-0.4, -0.2) is 62.5 Å². The average Bonchev–Trinajstić information content (AvgIpc) is 3.64. The van der Waals surface area contributed by atoms with E-state index in [-0.39, 0.29) is 58.2 Å². The standard InChI is InChI=1S/C31H32ClF5N8O3/c1-29(2,3)12-13-40-27(39)44(26(46)19-6-4-18(15-38)5-7-19)23(16-48-28(47)43-30(10-11-30)31(35,36)37)20-8-9-21(32)22(14-20)45-25(24(33)34)41-17-42-45/h4-9,14,17,23-24H,10-13,16H2,1-3H3,(H2,39,40)(H,43,47)/t23-/m1/s1. The molecule has 0 unspecified atom stereocenters. The number of hydrogen-bond donors (Lipinski definition) is 2. The highest BCUT2D eigenvalue weighted by Crippen LogP contribution is 2.49. The van der Waals surface area contributed by atoms with E-state index in [9.17, 15) is 36.8 Å². The van der Waals surface area contributed by atoms with Gasteiger partial charge in [0.1, 0.15) is 18.5 Å². The fraction of sp³-hybridized carbons (Fsp3) is 0.419. The molecule has 2 aromatic carbocycles. The van der Waals surface area contributed by atoms with Gasteiger partial charge in [0, 0.05) is 12.1 Å². The SMILES string of the molecule is CC(C)(C)CCN=C(N)N(C(=O)c1ccc(C#N)cc1)[C@H](COC(=O)NC1(C(F)(F)F)CC1)c1ccc(Cl)c(-n2ncnc2C(F)F)c1. The van der Waals surface area contributed by atoms with Crippen molar-refractivity contribution in [3.8, 4) is 11.8 Å². The van der Waals surface area contributed by atoms with Crippen molar-refractivity contribution in [2.24, 2.45) is 16.1 Å². The molecule has 2 amide bonds. The Balaban J connectivity index is 1.81. The third-order valence-electron chi connectivity index (χ3n) is 7.53. The number of nitrogens with one attached hydrogen (secondary N) is 1. The van der Waals surface area contributed by atoms with Crippen LogP contribution in [0.3, 0.4) is 0 Å². The van der Waals surface area contributed by atoms with Crippen LogP contribution in [0.2, 0.25) is 5.02 Å². The molecular formula is C31H32ClF5N8O3. The van der Waals surface area contributed by atoms with Crippen molar-refractivity contribution in [2.75, 3.05) is 13.2 Å². The molecule has 0 spiro atoms. The Hall–Kier alpha value is -4.78. The van der Waals surface area contributed by atoms with Crippen molar-refractivity contribution in [2.45, 2.75) is 64.2 Å². The van der Waals surface area contributed by atoms with Crippen molar-refractivity contribution in [3.05, 3.63) is 76.3 Å². The van der Waals surface area contributed by atoms with E-state index in [2.05, 4.69) is 15.1 Å². The summed E-state index contributed by atoms with van der Waals surface area (Å²) in [5, 5.41) is 14.9. The predicted molar refractivity (Wildman–Crippen MR) is 164 cm³/mol. The molecule has 48 heavy (non-hydrogen) atoms. The van der Waals surface area contributed by atoms with Gasteiger partial charge in [-0.2, -0.15) is 23.5 Å². The molecule has 1 heterocycles. The third-order valence-corrected chi connectivity index (χ3v) is 7.85. The predicted octanol–water partition coefficient (Wildman–Crippen LogP) is 6.49. The van der Waals surface area contributed by atoms with E-state index in [4.69, 9.17) is 22.1 Å². The number of nitrogens with zero attached hydrogens (tertiary/aromatic N) is 6. The largest absolute Gasteiger partial charge is 0.447 e. The lowest BCUT2D eigenvalue weighted by Crippen LogP contribution is -2.49. The van der Waals surface area contributed by atoms with Crippen LogP contribution in [0, 0.1) is 16.7 Å². The third kappa shape index (κ3) is 8.38. The van der Waals surface area contributed by atoms with E-state index in [1.54, 1.807) is 0 Å². The van der Waals surface area contributed by atoms with Crippen LogP contribution in [0.5, 0.6) is 0 Å². The number of ether oxygens (including phenoxy) is 1. The Morgan fingerprint density at radius 3 is 2.42 bits per heavy atom. The summed E-state index contributed by atoms with van der Waals surface area (Å²) in [6.07, 6.45) is -8.41. The van der Waals surface area contributed by atoms with Crippen molar-refractivity contribution < 1.29 is 36.3 Å². The van der Waals surface area contributed by atoms with E-state index >= 15 is 0 Å². The van der Waals surface area contributed by atoms with Crippen LogP contribution in [0.15, 0.2) is 53.8 Å². The van der Waals surface area contributed by atoms with Gasteiger partial charge in [-0.3, -0.25) is 14.7 Å². The molecule has 0 saturated heterocycles. The van der Waals surface area contributed by atoms with E-state index < -0.39 is 48.6 Å². The molecule has 1 fully saturated rings. The quantitative estimate of drug-likeness (QED) is 0.140. The molecule has 0 bridgehead atoms. The zero-order chi connectivity index (χ0) is 35.4. The van der Waals surface area contributed by atoms with E-state index in [0.29, 0.717) is 6.42 Å². The van der Waals surface area contributed by atoms with Gasteiger partial charge in [-0.05, 0) is 66.6 Å². The molecule has 3 aromatic rings. The number of guanidine groups is 1. The fourth-order valence-electron chi connectivity index (χ4n) is 4.61. The number of alkyl carbamates (subject to hydrolysis) is 1. The summed E-state index contributed by atoms with van der Waals surface area (Å²) >= 11 is 6.37. The second-order valence-corrected chi connectivity index (χ2v) is 12.7. The van der Waals surface area contributed by atoms with Gasteiger partial charge in [-0.15, -0.1) is 0 Å². The van der Waals surface area contributed by atoms with Crippen molar-refractivity contribution >= 4 is 29.6 Å². The van der Waals surface area contributed by atoms with Gasteiger partial charge in [-0.25, -0.2) is 23.2 Å². The number of alkyl halides is 5. The highest BCUT2D eigenvalue weighted by molar-refractivity contribution is 6.32. The molecule has 0 aliphatic heterocycles. The van der Waals surface area contributed by atoms with E-state index in [1.165, 1.54) is 42.5 Å². The number of aromatic nitrogens is 3. The lowest BCUT2D eigenvalue weighted by Gasteiger charge is -2.32. The summed E-state index contributed by atoms with van der Waals surface area (Å²) < 4.78 is 74.2. The molecule has 1 aliphatic rings. The monoisotopic (exact) mass is 694 g/mol. The number of hydrogen-bond acceptors (Lipinski definition) is 7. The number of carbonyl (C=O) groups excluding carboxylic acids is 2. The normalized spacial score (nSPS) is 15.1. The van der Waals surface area contributed by atoms with Crippen LogP contribution in [0.25, 0.3) is 5.69 Å². The Bertz CT molecular complexity index is 1710. The number of nitrogens with two attached hydrogens (primary N) is 1. The molecule has 11 nitrogen and oxygen atoms in total. The van der Waals surface area contributed by atoms with Gasteiger partial charge in [0.25, 0.3) is 12.3 Å². The topological polar surface area (TPSA) is 152 Å². The van der Waals surface area contributed by atoms with Gasteiger partial charge in [0.05, 0.1) is 28.4 Å². The zero-order valence-electron chi connectivity index (χ0n) is 26.1. The van der Waals surface area contributed by atoms with Crippen molar-refractivity contribution in [1.29, 1.82) is 5.26 Å². The van der Waals surface area contributed by atoms with Gasteiger partial charge < -0.3 is 15.8 Å². The smallest absolute Gasteiger partial charge is 0.411 e. The molecule has 3 N–H and O–H groups in total. The molecule has 1 aromatic heterocycles. The number of aliphatic imine (C=N–C) groups is 1. The van der Waals surface area contributed by atoms with E-state index in [1.807, 2.05) is 32.2 Å². The summed E-state index contributed by atoms with van der Waals surface area (Å²) in [4.78, 5) is 35.8. The summed E-state index contributed by atoms with van der Waals surface area (Å²) in [5.74, 6) is -1.84. The van der Waals surface area contributed by atoms with Crippen LogP contribution >= 0.6 is 11.6 Å². The van der Waals surface area contributed by atoms with Gasteiger partial charge in [0.15, 0.2) is 11.8 Å². The van der Waals surface area contributed by atoms with Gasteiger partial charge in [-0.1, -0.05) is 38.4 Å². The number of amides is 2. The fourth-order valence-corrected chi connectivity index (χ4v) is 4.81. The summed E-state index contributed by atoms with van der Waals surface area (Å²) in [7, 11) is 0. The average molecular weight is 695 g/mol. The molecule has 4 rings (SSSR count). The first kappa shape index (κ1) is 36.1. The number of halogens is 6. The van der Waals surface area contributed by atoms with Gasteiger partial charge in [0.2, 0.25) is 0 Å². The number of rotatable bonds is 10. The number of benzene rings is 2. The first-order chi connectivity index (χ1) is 22.5. The van der Waals surface area contributed by atoms with E-state index in [0.717, 1.165) is 15.9 Å². The van der Waals surface area contributed by atoms with Crippen LogP contribution < -0.4 is 11.1 Å². The van der Waals surface area contributed by atoms with Crippen molar-refractivity contribution in [3.63, 3.8) is 0 Å². The maximum Gasteiger partial charge on any atom is 0.411 e. The molecule has 0 radical (unpaired) electrons. The first-order valence-corrected chi connectivity index (χ1v) is 15.0. The minimum Gasteiger partial charge on any atom is -0.447 e. The minimum absolute atomic E-state index is 0.0388. The second-order valence-electron chi connectivity index (χ2n) is 12.3. The summed E-state index contributed by atoms with van der Waals surface area (Å²) in [5.41, 5.74) is 4.15.